The second-order valence-electron chi connectivity index (χ2n) is 8.65. The molecule has 1 unspecified atom stereocenters. The third kappa shape index (κ3) is 4.17. The van der Waals surface area contributed by atoms with E-state index in [0.717, 1.165) is 17.7 Å². The Kier molecular flexibility index (Phi) is 5.83. The average Bonchev–Trinajstić information content (AvgIpc) is 3.28. The molecule has 0 spiro atoms. The van der Waals surface area contributed by atoms with Crippen molar-refractivity contribution < 1.29 is 4.79 Å². The second kappa shape index (κ2) is 8.95. The minimum atomic E-state index is -0.226. The smallest absolute Gasteiger partial charge is 0.260 e. The van der Waals surface area contributed by atoms with Gasteiger partial charge in [-0.2, -0.15) is 5.10 Å². The summed E-state index contributed by atoms with van der Waals surface area (Å²) in [5, 5.41) is 5.28. The molecule has 1 amide bonds. The lowest BCUT2D eigenvalue weighted by atomic mass is 10.1. The molecule has 0 aliphatic carbocycles. The van der Waals surface area contributed by atoms with E-state index in [1.54, 1.807) is 29.1 Å². The van der Waals surface area contributed by atoms with Crippen molar-refractivity contribution in [3.63, 3.8) is 0 Å². The summed E-state index contributed by atoms with van der Waals surface area (Å²) in [5.74, 6) is 0.479. The van der Waals surface area contributed by atoms with Crippen LogP contribution in [0, 0.1) is 6.92 Å². The van der Waals surface area contributed by atoms with Gasteiger partial charge in [0.25, 0.3) is 11.5 Å². The van der Waals surface area contributed by atoms with Crippen LogP contribution >= 0.6 is 11.6 Å². The van der Waals surface area contributed by atoms with Crippen molar-refractivity contribution in [2.45, 2.75) is 26.3 Å². The fourth-order valence-corrected chi connectivity index (χ4v) is 4.58. The summed E-state index contributed by atoms with van der Waals surface area (Å²) >= 11 is 6.03. The number of halogens is 1. The number of hydrogen-bond acceptors (Lipinski definition) is 5. The quantitative estimate of drug-likeness (QED) is 0.486. The third-order valence-electron chi connectivity index (χ3n) is 6.31. The zero-order chi connectivity index (χ0) is 23.8. The van der Waals surface area contributed by atoms with Gasteiger partial charge in [-0.25, -0.2) is 9.67 Å². The summed E-state index contributed by atoms with van der Waals surface area (Å²) in [4.78, 5) is 37.8. The molecule has 0 bridgehead atoms. The van der Waals surface area contributed by atoms with Gasteiger partial charge >= 0.3 is 0 Å². The fourth-order valence-electron chi connectivity index (χ4n) is 4.41. The van der Waals surface area contributed by atoms with Crippen molar-refractivity contribution in [1.29, 1.82) is 0 Å². The zero-order valence-corrected chi connectivity index (χ0v) is 19.8. The van der Waals surface area contributed by atoms with Gasteiger partial charge in [0.05, 0.1) is 22.2 Å². The van der Waals surface area contributed by atoms with Gasteiger partial charge in [-0.15, -0.1) is 0 Å². The molecule has 174 valence electrons. The first kappa shape index (κ1) is 22.2. The number of fused-ring (bicyclic) bond motifs is 1. The molecule has 4 aromatic rings. The average molecular weight is 477 g/mol. The van der Waals surface area contributed by atoms with Gasteiger partial charge < -0.3 is 9.80 Å². The molecule has 9 heteroatoms. The lowest BCUT2D eigenvalue weighted by Crippen LogP contribution is -2.40. The van der Waals surface area contributed by atoms with Crippen molar-refractivity contribution in [3.05, 3.63) is 81.4 Å². The number of benzene rings is 2. The topological polar surface area (TPSA) is 87.1 Å². The molecule has 2 aromatic carbocycles. The number of carbonyl (C=O) groups is 1. The largest absolute Gasteiger partial charge is 0.340 e. The van der Waals surface area contributed by atoms with Crippen LogP contribution in [0.1, 0.15) is 29.3 Å². The maximum absolute atomic E-state index is 13.7. The van der Waals surface area contributed by atoms with Gasteiger partial charge in [-0.05, 0) is 56.7 Å². The van der Waals surface area contributed by atoms with Crippen molar-refractivity contribution in [2.75, 3.05) is 24.5 Å². The molecule has 2 aromatic heterocycles. The Morgan fingerprint density at radius 3 is 2.79 bits per heavy atom. The number of anilines is 1. The Hall–Kier alpha value is -3.65. The van der Waals surface area contributed by atoms with Crippen LogP contribution in [-0.4, -0.2) is 56.2 Å². The number of hydrogen-bond donors (Lipinski definition) is 1. The van der Waals surface area contributed by atoms with Gasteiger partial charge in [0.15, 0.2) is 0 Å². The monoisotopic (exact) mass is 476 g/mol. The third-order valence-corrected chi connectivity index (χ3v) is 6.54. The predicted molar refractivity (Wildman–Crippen MR) is 133 cm³/mol. The number of H-pyrrole nitrogens is 1. The van der Waals surface area contributed by atoms with Crippen LogP contribution in [0.4, 0.5) is 5.95 Å². The molecule has 1 N–H and O–H groups in total. The van der Waals surface area contributed by atoms with E-state index in [2.05, 4.69) is 22.0 Å². The maximum atomic E-state index is 13.7. The van der Waals surface area contributed by atoms with E-state index < -0.39 is 0 Å². The van der Waals surface area contributed by atoms with Crippen LogP contribution in [0.5, 0.6) is 0 Å². The number of aryl methyl sites for hydroxylation is 1. The molecule has 0 saturated carbocycles. The number of aromatic amines is 1. The number of nitrogens with zero attached hydrogens (tertiary/aromatic N) is 5. The number of nitrogens with one attached hydrogen (secondary N) is 1. The molecule has 1 fully saturated rings. The van der Waals surface area contributed by atoms with Gasteiger partial charge in [-0.3, -0.25) is 14.6 Å². The Morgan fingerprint density at radius 2 is 2.00 bits per heavy atom. The summed E-state index contributed by atoms with van der Waals surface area (Å²) in [7, 11) is 0. The van der Waals surface area contributed by atoms with E-state index in [1.165, 1.54) is 0 Å². The normalized spacial score (nSPS) is 16.6. The molecule has 5 rings (SSSR count). The highest BCUT2D eigenvalue weighted by Crippen LogP contribution is 2.23. The first-order valence-corrected chi connectivity index (χ1v) is 11.6. The summed E-state index contributed by atoms with van der Waals surface area (Å²) in [6.07, 6.45) is 4.28. The van der Waals surface area contributed by atoms with Crippen molar-refractivity contribution in [3.8, 4) is 5.69 Å². The standard InChI is InChI=1S/C25H25ClN6O2/c1-16-4-7-22(32-10-3-9-27-32)20(14-16)24(34)31-13-12-30(11-8-17(31)2)25-28-21-6-5-18(26)15-19(21)23(33)29-25/h3-7,9-10,14-15,17H,8,11-13H2,1-2H3,(H,28,29,33). The van der Waals surface area contributed by atoms with Gasteiger partial charge in [0, 0.05) is 43.1 Å². The molecule has 1 saturated heterocycles. The van der Waals surface area contributed by atoms with Crippen LogP contribution < -0.4 is 10.5 Å². The van der Waals surface area contributed by atoms with E-state index in [-0.39, 0.29) is 17.5 Å². The summed E-state index contributed by atoms with van der Waals surface area (Å²) < 4.78 is 1.72. The number of aromatic nitrogens is 4. The second-order valence-corrected chi connectivity index (χ2v) is 9.08. The molecule has 34 heavy (non-hydrogen) atoms. The summed E-state index contributed by atoms with van der Waals surface area (Å²) in [6, 6.07) is 12.8. The Morgan fingerprint density at radius 1 is 1.15 bits per heavy atom. The van der Waals surface area contributed by atoms with Gasteiger partial charge in [0.2, 0.25) is 5.95 Å². The zero-order valence-electron chi connectivity index (χ0n) is 19.0. The first-order chi connectivity index (χ1) is 16.4. The Bertz CT molecular complexity index is 1410. The van der Waals surface area contributed by atoms with E-state index in [0.29, 0.717) is 47.1 Å². The number of amides is 1. The van der Waals surface area contributed by atoms with Gasteiger partial charge in [-0.1, -0.05) is 23.2 Å². The minimum absolute atomic E-state index is 0.0227. The molecule has 1 atom stereocenters. The molecule has 8 nitrogen and oxygen atoms in total. The molecular weight excluding hydrogens is 452 g/mol. The SMILES string of the molecule is Cc1ccc(-n2cccn2)c(C(=O)N2CCN(c3nc4ccc(Cl)cc4c(=O)[nH]3)CCC2C)c1. The first-order valence-electron chi connectivity index (χ1n) is 11.3. The molecule has 1 aliphatic rings. The van der Waals surface area contributed by atoms with Crippen molar-refractivity contribution >= 4 is 34.4 Å². The minimum Gasteiger partial charge on any atom is -0.340 e. The van der Waals surface area contributed by atoms with Crippen LogP contribution in [0.25, 0.3) is 16.6 Å². The molecular formula is C25H25ClN6O2. The van der Waals surface area contributed by atoms with Crippen LogP contribution in [0.2, 0.25) is 5.02 Å². The van der Waals surface area contributed by atoms with Crippen molar-refractivity contribution in [1.82, 2.24) is 24.6 Å². The molecule has 0 radical (unpaired) electrons. The molecule has 1 aliphatic heterocycles. The van der Waals surface area contributed by atoms with E-state index in [1.807, 2.05) is 47.2 Å². The fraction of sp³-hybridized carbons (Fsp3) is 0.280. The molecule has 3 heterocycles. The van der Waals surface area contributed by atoms with E-state index in [9.17, 15) is 9.59 Å². The van der Waals surface area contributed by atoms with Crippen molar-refractivity contribution in [2.24, 2.45) is 0 Å². The summed E-state index contributed by atoms with van der Waals surface area (Å²) in [6.45, 7) is 5.78. The van der Waals surface area contributed by atoms with E-state index >= 15 is 0 Å². The highest BCUT2D eigenvalue weighted by molar-refractivity contribution is 6.31. The number of carbonyl (C=O) groups excluding carboxylic acids is 1. The lowest BCUT2D eigenvalue weighted by Gasteiger charge is -2.28. The van der Waals surface area contributed by atoms with Crippen LogP contribution in [0.15, 0.2) is 59.7 Å². The number of rotatable bonds is 3. The predicted octanol–water partition coefficient (Wildman–Crippen LogP) is 3.81. The Balaban J connectivity index is 1.43. The maximum Gasteiger partial charge on any atom is 0.260 e. The van der Waals surface area contributed by atoms with Crippen LogP contribution in [0.3, 0.4) is 0 Å². The van der Waals surface area contributed by atoms with Gasteiger partial charge in [0.1, 0.15) is 0 Å². The van der Waals surface area contributed by atoms with E-state index in [4.69, 9.17) is 11.6 Å². The lowest BCUT2D eigenvalue weighted by molar-refractivity contribution is 0.0705. The highest BCUT2D eigenvalue weighted by atomic mass is 35.5. The summed E-state index contributed by atoms with van der Waals surface area (Å²) in [5.41, 5.74) is 2.76. The Labute approximate surface area is 201 Å². The van der Waals surface area contributed by atoms with Crippen LogP contribution in [-0.2, 0) is 0 Å². The highest BCUT2D eigenvalue weighted by Gasteiger charge is 2.28.